The first kappa shape index (κ1) is 19.8. The molecule has 0 unspecified atom stereocenters. The molecule has 2 aromatic carbocycles. The average Bonchev–Trinajstić information content (AvgIpc) is 3.62. The molecular formula is C28H24N4OS. The summed E-state index contributed by atoms with van der Waals surface area (Å²) in [6, 6.07) is 17.5. The van der Waals surface area contributed by atoms with Crippen LogP contribution < -0.4 is 5.73 Å². The van der Waals surface area contributed by atoms with Crippen molar-refractivity contribution in [2.24, 2.45) is 0 Å². The molecule has 0 amide bonds. The van der Waals surface area contributed by atoms with Gasteiger partial charge in [0, 0.05) is 54.6 Å². The highest BCUT2D eigenvalue weighted by molar-refractivity contribution is 7.26. The van der Waals surface area contributed by atoms with Crippen molar-refractivity contribution in [1.82, 2.24) is 14.8 Å². The highest BCUT2D eigenvalue weighted by atomic mass is 32.1. The van der Waals surface area contributed by atoms with Crippen LogP contribution >= 0.6 is 11.3 Å². The van der Waals surface area contributed by atoms with Gasteiger partial charge >= 0.3 is 0 Å². The van der Waals surface area contributed by atoms with Crippen LogP contribution in [0, 0.1) is 0 Å². The Hall–Kier alpha value is -3.64. The van der Waals surface area contributed by atoms with Crippen molar-refractivity contribution in [3.8, 4) is 22.5 Å². The molecule has 4 aromatic heterocycles. The first-order valence-electron chi connectivity index (χ1n) is 11.9. The van der Waals surface area contributed by atoms with Crippen molar-refractivity contribution in [3.63, 3.8) is 0 Å². The molecule has 6 aromatic rings. The number of furan rings is 1. The van der Waals surface area contributed by atoms with E-state index in [0.29, 0.717) is 17.4 Å². The Morgan fingerprint density at radius 3 is 2.68 bits per heavy atom. The van der Waals surface area contributed by atoms with Crippen molar-refractivity contribution < 1.29 is 4.42 Å². The summed E-state index contributed by atoms with van der Waals surface area (Å²) in [5.74, 6) is 1.22. The molecule has 0 saturated heterocycles. The monoisotopic (exact) mass is 464 g/mol. The van der Waals surface area contributed by atoms with Crippen molar-refractivity contribution in [3.05, 3.63) is 67.1 Å². The summed E-state index contributed by atoms with van der Waals surface area (Å²) in [5.41, 5.74) is 10.0. The maximum Gasteiger partial charge on any atom is 0.177 e. The van der Waals surface area contributed by atoms with Crippen LogP contribution in [0.1, 0.15) is 38.1 Å². The molecule has 7 rings (SSSR count). The quantitative estimate of drug-likeness (QED) is 0.290. The Balaban J connectivity index is 1.37. The number of pyridine rings is 1. The first-order chi connectivity index (χ1) is 16.8. The van der Waals surface area contributed by atoms with Crippen LogP contribution in [0.25, 0.3) is 53.6 Å². The summed E-state index contributed by atoms with van der Waals surface area (Å²) in [6.45, 7) is 0. The molecule has 4 heterocycles. The number of thiophene rings is 1. The number of anilines is 1. The van der Waals surface area contributed by atoms with Gasteiger partial charge in [-0.05, 0) is 31.0 Å². The van der Waals surface area contributed by atoms with E-state index in [1.807, 2.05) is 12.4 Å². The number of rotatable bonds is 3. The van der Waals surface area contributed by atoms with Crippen LogP contribution in [0.5, 0.6) is 0 Å². The van der Waals surface area contributed by atoms with Crippen LogP contribution in [0.4, 0.5) is 5.82 Å². The highest BCUT2D eigenvalue weighted by Gasteiger charge is 2.20. The second-order valence-electron chi connectivity index (χ2n) is 9.19. The zero-order valence-corrected chi connectivity index (χ0v) is 19.5. The summed E-state index contributed by atoms with van der Waals surface area (Å²) in [5, 5.41) is 8.20. The number of nitrogens with two attached hydrogens (primary N) is 1. The van der Waals surface area contributed by atoms with Crippen LogP contribution in [0.15, 0.2) is 71.5 Å². The summed E-state index contributed by atoms with van der Waals surface area (Å²) < 4.78 is 11.0. The number of hydrogen-bond donors (Lipinski definition) is 1. The second-order valence-corrected chi connectivity index (χ2v) is 10.2. The maximum absolute atomic E-state index is 6.37. The van der Waals surface area contributed by atoms with Gasteiger partial charge in [0.15, 0.2) is 11.4 Å². The molecule has 0 spiro atoms. The third-order valence-corrected chi connectivity index (χ3v) is 8.34. The van der Waals surface area contributed by atoms with E-state index in [1.54, 1.807) is 11.3 Å². The number of benzene rings is 2. The van der Waals surface area contributed by atoms with Gasteiger partial charge in [-0.3, -0.25) is 4.68 Å². The molecular weight excluding hydrogens is 440 g/mol. The van der Waals surface area contributed by atoms with E-state index in [9.17, 15) is 0 Å². The topological polar surface area (TPSA) is 69.9 Å². The van der Waals surface area contributed by atoms with Crippen molar-refractivity contribution in [2.45, 2.75) is 38.1 Å². The van der Waals surface area contributed by atoms with Gasteiger partial charge in [0.1, 0.15) is 5.76 Å². The van der Waals surface area contributed by atoms with E-state index in [-0.39, 0.29) is 0 Å². The van der Waals surface area contributed by atoms with Crippen LogP contribution in [-0.2, 0) is 0 Å². The van der Waals surface area contributed by atoms with E-state index in [1.165, 1.54) is 52.3 Å². The van der Waals surface area contributed by atoms with Crippen LogP contribution in [-0.4, -0.2) is 14.8 Å². The molecule has 1 aliphatic rings. The van der Waals surface area contributed by atoms with Gasteiger partial charge in [-0.15, -0.1) is 11.3 Å². The lowest BCUT2D eigenvalue weighted by Crippen LogP contribution is -2.12. The lowest BCUT2D eigenvalue weighted by atomic mass is 9.96. The SMILES string of the molecule is Nc1ncc(-c2cnn(C3CCCCC3)c2)c2cc(-c3cccc4c3sc3ccccc34)oc12. The van der Waals surface area contributed by atoms with E-state index >= 15 is 0 Å². The molecule has 0 aliphatic heterocycles. The van der Waals surface area contributed by atoms with Crippen molar-refractivity contribution in [2.75, 3.05) is 5.73 Å². The summed E-state index contributed by atoms with van der Waals surface area (Å²) >= 11 is 1.80. The number of nitrogens with zero attached hydrogens (tertiary/aromatic N) is 3. The third kappa shape index (κ3) is 3.06. The minimum atomic E-state index is 0.410. The molecule has 1 aliphatic carbocycles. The normalized spacial score (nSPS) is 15.1. The fourth-order valence-corrected chi connectivity index (χ4v) is 6.59. The fourth-order valence-electron chi connectivity index (χ4n) is 5.37. The molecule has 6 heteroatoms. The third-order valence-electron chi connectivity index (χ3n) is 7.12. The Kier molecular flexibility index (Phi) is 4.49. The van der Waals surface area contributed by atoms with E-state index in [4.69, 9.17) is 15.2 Å². The van der Waals surface area contributed by atoms with Gasteiger partial charge in [0.05, 0.1) is 12.2 Å². The highest BCUT2D eigenvalue weighted by Crippen LogP contribution is 2.43. The molecule has 1 saturated carbocycles. The lowest BCUT2D eigenvalue weighted by molar-refractivity contribution is 0.329. The molecule has 168 valence electrons. The zero-order valence-electron chi connectivity index (χ0n) is 18.7. The predicted octanol–water partition coefficient (Wildman–Crippen LogP) is 7.81. The minimum absolute atomic E-state index is 0.410. The van der Waals surface area contributed by atoms with Crippen molar-refractivity contribution >= 4 is 48.3 Å². The van der Waals surface area contributed by atoms with Gasteiger partial charge < -0.3 is 10.2 Å². The van der Waals surface area contributed by atoms with E-state index in [0.717, 1.165) is 27.8 Å². The summed E-state index contributed by atoms with van der Waals surface area (Å²) in [6.07, 6.45) is 12.2. The number of nitrogen functional groups attached to an aromatic ring is 1. The van der Waals surface area contributed by atoms with E-state index < -0.39 is 0 Å². The smallest absolute Gasteiger partial charge is 0.177 e. The Labute approximate surface area is 200 Å². The van der Waals surface area contributed by atoms with Gasteiger partial charge in [-0.1, -0.05) is 49.6 Å². The van der Waals surface area contributed by atoms with Crippen LogP contribution in [0.2, 0.25) is 0 Å². The molecule has 1 fully saturated rings. The standard InChI is InChI=1S/C28H24N4OS/c29-28-26-22(23(15-30-28)17-14-31-32(16-17)18-7-2-1-3-8-18)13-24(33-26)21-11-6-10-20-19-9-4-5-12-25(19)34-27(20)21/h4-6,9-16,18H,1-3,7-8H2,(H2,29,30). The molecule has 2 N–H and O–H groups in total. The number of hydrogen-bond acceptors (Lipinski definition) is 5. The van der Waals surface area contributed by atoms with Gasteiger partial charge in [-0.2, -0.15) is 5.10 Å². The zero-order chi connectivity index (χ0) is 22.6. The Morgan fingerprint density at radius 2 is 1.76 bits per heavy atom. The fraction of sp³-hybridized carbons (Fsp3) is 0.214. The second kappa shape index (κ2) is 7.71. The van der Waals surface area contributed by atoms with Crippen LogP contribution in [0.3, 0.4) is 0 Å². The number of fused-ring (bicyclic) bond motifs is 4. The maximum atomic E-state index is 6.37. The van der Waals surface area contributed by atoms with Crippen molar-refractivity contribution in [1.29, 1.82) is 0 Å². The number of aromatic nitrogens is 3. The average molecular weight is 465 g/mol. The predicted molar refractivity (Wildman–Crippen MR) is 140 cm³/mol. The Morgan fingerprint density at radius 1 is 0.912 bits per heavy atom. The first-order valence-corrected chi connectivity index (χ1v) is 12.7. The molecule has 5 nitrogen and oxygen atoms in total. The van der Waals surface area contributed by atoms with Gasteiger partial charge in [-0.25, -0.2) is 4.98 Å². The molecule has 34 heavy (non-hydrogen) atoms. The molecule has 0 bridgehead atoms. The largest absolute Gasteiger partial charge is 0.452 e. The van der Waals surface area contributed by atoms with E-state index in [2.05, 4.69) is 64.4 Å². The summed E-state index contributed by atoms with van der Waals surface area (Å²) in [7, 11) is 0. The summed E-state index contributed by atoms with van der Waals surface area (Å²) in [4.78, 5) is 4.46. The Bertz CT molecular complexity index is 1670. The lowest BCUT2D eigenvalue weighted by Gasteiger charge is -2.21. The minimum Gasteiger partial charge on any atom is -0.452 e. The van der Waals surface area contributed by atoms with Gasteiger partial charge in [0.25, 0.3) is 0 Å². The molecule has 0 radical (unpaired) electrons. The molecule has 0 atom stereocenters. The van der Waals surface area contributed by atoms with Gasteiger partial charge in [0.2, 0.25) is 0 Å².